The molecule has 1 atom stereocenters. The van der Waals surface area contributed by atoms with Crippen molar-refractivity contribution in [3.05, 3.63) is 0 Å². The highest BCUT2D eigenvalue weighted by Gasteiger charge is 2.12. The minimum atomic E-state index is -0.182. The highest BCUT2D eigenvalue weighted by Crippen LogP contribution is 1.97. The van der Waals surface area contributed by atoms with Gasteiger partial charge in [-0.3, -0.25) is 4.79 Å². The molecule has 78 valence electrons. The molecule has 0 aromatic carbocycles. The van der Waals surface area contributed by atoms with Crippen LogP contribution in [0.15, 0.2) is 0 Å². The number of carbonyl (C=O) groups is 1. The molecule has 0 fully saturated rings. The van der Waals surface area contributed by atoms with Gasteiger partial charge in [-0.15, -0.1) is 0 Å². The summed E-state index contributed by atoms with van der Waals surface area (Å²) in [6.07, 6.45) is 1.09. The van der Waals surface area contributed by atoms with Crippen LogP contribution < -0.4 is 5.32 Å². The van der Waals surface area contributed by atoms with Crippen LogP contribution >= 0.6 is 0 Å². The lowest BCUT2D eigenvalue weighted by Crippen LogP contribution is -2.36. The molecule has 0 rings (SSSR count). The molecule has 1 unspecified atom stereocenters. The summed E-state index contributed by atoms with van der Waals surface area (Å²) in [6.45, 7) is 9.30. The first-order valence-electron chi connectivity index (χ1n) is 4.98. The van der Waals surface area contributed by atoms with E-state index in [-0.39, 0.29) is 12.0 Å². The number of rotatable bonds is 6. The van der Waals surface area contributed by atoms with Gasteiger partial charge in [0.05, 0.1) is 6.61 Å². The lowest BCUT2D eigenvalue weighted by Gasteiger charge is -2.13. The van der Waals surface area contributed by atoms with Gasteiger partial charge in [0.2, 0.25) is 0 Å². The van der Waals surface area contributed by atoms with Gasteiger partial charge in [0.15, 0.2) is 0 Å². The van der Waals surface area contributed by atoms with E-state index in [0.29, 0.717) is 12.5 Å². The van der Waals surface area contributed by atoms with E-state index in [2.05, 4.69) is 19.2 Å². The standard InChI is InChI=1S/C10H21NO2/c1-5-13-10(12)9(4)11-7-6-8(2)3/h8-9,11H,5-7H2,1-4H3. The van der Waals surface area contributed by atoms with E-state index < -0.39 is 0 Å². The summed E-state index contributed by atoms with van der Waals surface area (Å²) in [5.74, 6) is 0.508. The first-order chi connectivity index (χ1) is 6.07. The molecular weight excluding hydrogens is 166 g/mol. The Labute approximate surface area is 80.8 Å². The highest BCUT2D eigenvalue weighted by atomic mass is 16.5. The predicted octanol–water partition coefficient (Wildman–Crippen LogP) is 1.57. The number of nitrogens with one attached hydrogen (secondary N) is 1. The number of ether oxygens (including phenoxy) is 1. The maximum absolute atomic E-state index is 11.1. The van der Waals surface area contributed by atoms with Gasteiger partial charge in [0.1, 0.15) is 6.04 Å². The fourth-order valence-electron chi connectivity index (χ4n) is 0.939. The fourth-order valence-corrected chi connectivity index (χ4v) is 0.939. The van der Waals surface area contributed by atoms with Crippen molar-refractivity contribution in [3.8, 4) is 0 Å². The van der Waals surface area contributed by atoms with Gasteiger partial charge in [-0.25, -0.2) is 0 Å². The van der Waals surface area contributed by atoms with Crippen molar-refractivity contribution in [1.29, 1.82) is 0 Å². The third-order valence-corrected chi connectivity index (χ3v) is 1.81. The van der Waals surface area contributed by atoms with Gasteiger partial charge in [-0.05, 0) is 32.7 Å². The molecule has 3 heteroatoms. The second-order valence-corrected chi connectivity index (χ2v) is 3.61. The number of esters is 1. The number of hydrogen-bond acceptors (Lipinski definition) is 3. The largest absolute Gasteiger partial charge is 0.465 e. The topological polar surface area (TPSA) is 38.3 Å². The van der Waals surface area contributed by atoms with Crippen LogP contribution in [-0.4, -0.2) is 25.2 Å². The minimum Gasteiger partial charge on any atom is -0.465 e. The molecule has 1 N–H and O–H groups in total. The molecule has 0 saturated carbocycles. The highest BCUT2D eigenvalue weighted by molar-refractivity contribution is 5.75. The zero-order chi connectivity index (χ0) is 10.3. The summed E-state index contributed by atoms with van der Waals surface area (Å²) in [7, 11) is 0. The molecule has 0 radical (unpaired) electrons. The average Bonchev–Trinajstić information content (AvgIpc) is 2.04. The Bertz CT molecular complexity index is 146. The van der Waals surface area contributed by atoms with Crippen molar-refractivity contribution in [2.45, 2.75) is 40.2 Å². The lowest BCUT2D eigenvalue weighted by atomic mass is 10.1. The number of hydrogen-bond donors (Lipinski definition) is 1. The van der Waals surface area contributed by atoms with Crippen LogP contribution in [0.25, 0.3) is 0 Å². The Morgan fingerprint density at radius 1 is 1.38 bits per heavy atom. The van der Waals surface area contributed by atoms with Gasteiger partial charge in [0.25, 0.3) is 0 Å². The summed E-state index contributed by atoms with van der Waals surface area (Å²) >= 11 is 0. The zero-order valence-electron chi connectivity index (χ0n) is 9.09. The maximum atomic E-state index is 11.1. The van der Waals surface area contributed by atoms with Gasteiger partial charge in [0, 0.05) is 0 Å². The third-order valence-electron chi connectivity index (χ3n) is 1.81. The molecule has 0 heterocycles. The zero-order valence-corrected chi connectivity index (χ0v) is 9.09. The molecule has 0 aliphatic heterocycles. The summed E-state index contributed by atoms with van der Waals surface area (Å²) < 4.78 is 4.86. The van der Waals surface area contributed by atoms with E-state index in [1.165, 1.54) is 0 Å². The van der Waals surface area contributed by atoms with Gasteiger partial charge >= 0.3 is 5.97 Å². The monoisotopic (exact) mass is 187 g/mol. The van der Waals surface area contributed by atoms with E-state index in [0.717, 1.165) is 13.0 Å². The smallest absolute Gasteiger partial charge is 0.322 e. The summed E-state index contributed by atoms with van der Waals surface area (Å²) in [5.41, 5.74) is 0. The molecule has 0 bridgehead atoms. The predicted molar refractivity (Wildman–Crippen MR) is 53.6 cm³/mol. The quantitative estimate of drug-likeness (QED) is 0.641. The van der Waals surface area contributed by atoms with E-state index in [4.69, 9.17) is 4.74 Å². The minimum absolute atomic E-state index is 0.161. The second kappa shape index (κ2) is 6.89. The van der Waals surface area contributed by atoms with Gasteiger partial charge in [-0.2, -0.15) is 0 Å². The third kappa shape index (κ3) is 6.58. The maximum Gasteiger partial charge on any atom is 0.322 e. The molecular formula is C10H21NO2. The Morgan fingerprint density at radius 3 is 2.46 bits per heavy atom. The van der Waals surface area contributed by atoms with E-state index in [1.54, 1.807) is 0 Å². The van der Waals surface area contributed by atoms with Crippen molar-refractivity contribution < 1.29 is 9.53 Å². The second-order valence-electron chi connectivity index (χ2n) is 3.61. The van der Waals surface area contributed by atoms with Crippen LogP contribution in [-0.2, 0) is 9.53 Å². The Kier molecular flexibility index (Phi) is 6.59. The Morgan fingerprint density at radius 2 is 2.00 bits per heavy atom. The Balaban J connectivity index is 3.49. The van der Waals surface area contributed by atoms with Crippen molar-refractivity contribution >= 4 is 5.97 Å². The molecule has 0 saturated heterocycles. The molecule has 0 aliphatic rings. The lowest BCUT2D eigenvalue weighted by molar-refractivity contribution is -0.145. The normalized spacial score (nSPS) is 13.0. The van der Waals surface area contributed by atoms with Crippen LogP contribution in [0.4, 0.5) is 0 Å². The van der Waals surface area contributed by atoms with Gasteiger partial charge < -0.3 is 10.1 Å². The molecule has 0 aliphatic carbocycles. The molecule has 3 nitrogen and oxygen atoms in total. The van der Waals surface area contributed by atoms with Crippen molar-refractivity contribution in [3.63, 3.8) is 0 Å². The first-order valence-corrected chi connectivity index (χ1v) is 4.98. The number of carbonyl (C=O) groups excluding carboxylic acids is 1. The van der Waals surface area contributed by atoms with E-state index in [9.17, 15) is 4.79 Å². The average molecular weight is 187 g/mol. The van der Waals surface area contributed by atoms with Crippen molar-refractivity contribution in [2.24, 2.45) is 5.92 Å². The Hall–Kier alpha value is -0.570. The van der Waals surface area contributed by atoms with Gasteiger partial charge in [-0.1, -0.05) is 13.8 Å². The molecule has 0 aromatic rings. The van der Waals surface area contributed by atoms with Crippen molar-refractivity contribution in [2.75, 3.05) is 13.2 Å². The SMILES string of the molecule is CCOC(=O)C(C)NCCC(C)C. The fraction of sp³-hybridized carbons (Fsp3) is 0.900. The molecule has 0 amide bonds. The summed E-state index contributed by atoms with van der Waals surface area (Å²) in [5, 5.41) is 3.12. The van der Waals surface area contributed by atoms with Crippen LogP contribution in [0.1, 0.15) is 34.1 Å². The van der Waals surface area contributed by atoms with E-state index >= 15 is 0 Å². The molecule has 0 spiro atoms. The van der Waals surface area contributed by atoms with Crippen LogP contribution in [0.5, 0.6) is 0 Å². The van der Waals surface area contributed by atoms with E-state index in [1.807, 2.05) is 13.8 Å². The summed E-state index contributed by atoms with van der Waals surface area (Å²) in [4.78, 5) is 11.1. The summed E-state index contributed by atoms with van der Waals surface area (Å²) in [6, 6.07) is -0.182. The first kappa shape index (κ1) is 12.4. The van der Waals surface area contributed by atoms with Crippen LogP contribution in [0.2, 0.25) is 0 Å². The van der Waals surface area contributed by atoms with Crippen LogP contribution in [0.3, 0.4) is 0 Å². The molecule has 0 aromatic heterocycles. The van der Waals surface area contributed by atoms with Crippen LogP contribution in [0, 0.1) is 5.92 Å². The van der Waals surface area contributed by atoms with Crippen molar-refractivity contribution in [1.82, 2.24) is 5.32 Å². The molecule has 13 heavy (non-hydrogen) atoms.